The number of benzene rings is 2. The van der Waals surface area contributed by atoms with E-state index in [9.17, 15) is 5.11 Å². The third-order valence-electron chi connectivity index (χ3n) is 5.45. The highest BCUT2D eigenvalue weighted by Gasteiger charge is 2.30. The van der Waals surface area contributed by atoms with Crippen molar-refractivity contribution >= 4 is 33.8 Å². The van der Waals surface area contributed by atoms with Gasteiger partial charge in [0.15, 0.2) is 5.13 Å². The average Bonchev–Trinajstić information content (AvgIpc) is 3.39. The van der Waals surface area contributed by atoms with Crippen LogP contribution in [0.3, 0.4) is 0 Å². The van der Waals surface area contributed by atoms with Crippen LogP contribution >= 0.6 is 22.9 Å². The van der Waals surface area contributed by atoms with E-state index in [0.29, 0.717) is 23.7 Å². The van der Waals surface area contributed by atoms with Crippen LogP contribution < -0.4 is 10.1 Å². The molecule has 0 bridgehead atoms. The monoisotopic (exact) mass is 452 g/mol. The molecular formula is C23H21ClN4O2S. The summed E-state index contributed by atoms with van der Waals surface area (Å²) in [5.41, 5.74) is 3.96. The lowest BCUT2D eigenvalue weighted by atomic mass is 9.84. The lowest BCUT2D eigenvalue weighted by molar-refractivity contribution is 0.152. The Morgan fingerprint density at radius 1 is 1.23 bits per heavy atom. The normalized spacial score (nSPS) is 17.9. The molecular weight excluding hydrogens is 432 g/mol. The number of ether oxygens (including phenoxy) is 1. The number of thiazole rings is 1. The van der Waals surface area contributed by atoms with Gasteiger partial charge in [0.25, 0.3) is 0 Å². The Balaban J connectivity index is 1.44. The first-order valence-corrected chi connectivity index (χ1v) is 11.2. The van der Waals surface area contributed by atoms with Crippen LogP contribution in [0.2, 0.25) is 5.15 Å². The van der Waals surface area contributed by atoms with Crippen LogP contribution in [0.4, 0.5) is 10.8 Å². The zero-order chi connectivity index (χ0) is 21.4. The molecule has 0 aliphatic heterocycles. The number of aliphatic hydroxyl groups excluding tert-OH is 1. The van der Waals surface area contributed by atoms with E-state index in [-0.39, 0.29) is 12.0 Å². The minimum absolute atomic E-state index is 0.106. The van der Waals surface area contributed by atoms with Crippen molar-refractivity contribution in [3.05, 3.63) is 82.3 Å². The molecule has 0 saturated heterocycles. The highest BCUT2D eigenvalue weighted by Crippen LogP contribution is 2.41. The third-order valence-corrected chi connectivity index (χ3v) is 6.65. The average molecular weight is 453 g/mol. The predicted octanol–water partition coefficient (Wildman–Crippen LogP) is 5.17. The van der Waals surface area contributed by atoms with E-state index in [1.807, 2.05) is 41.0 Å². The number of anilines is 2. The molecule has 0 fully saturated rings. The molecule has 4 aromatic rings. The van der Waals surface area contributed by atoms with E-state index >= 15 is 0 Å². The van der Waals surface area contributed by atoms with Gasteiger partial charge in [-0.1, -0.05) is 41.9 Å². The van der Waals surface area contributed by atoms with Crippen molar-refractivity contribution in [2.45, 2.75) is 24.9 Å². The number of aliphatic hydroxyl groups is 1. The van der Waals surface area contributed by atoms with Gasteiger partial charge in [-0.15, -0.1) is 11.3 Å². The largest absolute Gasteiger partial charge is 0.494 e. The van der Waals surface area contributed by atoms with Crippen molar-refractivity contribution in [2.24, 2.45) is 0 Å². The SMILES string of the molecule is COc1cc(Nc2nc3c(s2)CC(O)CC3c2ccccc2)ccc1-n1cnc(Cl)c1. The maximum atomic E-state index is 10.4. The number of hydrogen-bond donors (Lipinski definition) is 2. The van der Waals surface area contributed by atoms with Gasteiger partial charge in [-0.3, -0.25) is 0 Å². The van der Waals surface area contributed by atoms with Crippen molar-refractivity contribution in [1.82, 2.24) is 14.5 Å². The number of imidazole rings is 1. The fourth-order valence-corrected chi connectivity index (χ4v) is 5.28. The topological polar surface area (TPSA) is 72.2 Å². The van der Waals surface area contributed by atoms with Crippen LogP contribution in [0, 0.1) is 0 Å². The summed E-state index contributed by atoms with van der Waals surface area (Å²) in [5, 5.41) is 15.1. The molecule has 8 heteroatoms. The van der Waals surface area contributed by atoms with Crippen LogP contribution in [0.15, 0.2) is 61.1 Å². The lowest BCUT2D eigenvalue weighted by Crippen LogP contribution is -2.22. The number of nitrogens with one attached hydrogen (secondary N) is 1. The van der Waals surface area contributed by atoms with Gasteiger partial charge in [-0.05, 0) is 24.1 Å². The Bertz CT molecular complexity index is 1210. The van der Waals surface area contributed by atoms with Crippen molar-refractivity contribution in [1.29, 1.82) is 0 Å². The number of aromatic nitrogens is 3. The van der Waals surface area contributed by atoms with E-state index in [1.54, 1.807) is 31.0 Å². The minimum Gasteiger partial charge on any atom is -0.494 e. The number of hydrogen-bond acceptors (Lipinski definition) is 6. The smallest absolute Gasteiger partial charge is 0.187 e. The molecule has 0 saturated carbocycles. The zero-order valence-electron chi connectivity index (χ0n) is 16.8. The van der Waals surface area contributed by atoms with E-state index < -0.39 is 0 Å². The van der Waals surface area contributed by atoms with Crippen LogP contribution in [0.1, 0.15) is 28.5 Å². The molecule has 0 spiro atoms. The van der Waals surface area contributed by atoms with Crippen LogP contribution in [-0.4, -0.2) is 32.9 Å². The molecule has 2 heterocycles. The van der Waals surface area contributed by atoms with Gasteiger partial charge in [0.1, 0.15) is 17.2 Å². The molecule has 1 aliphatic carbocycles. The third kappa shape index (κ3) is 4.04. The number of halogens is 1. The summed E-state index contributed by atoms with van der Waals surface area (Å²) in [6.07, 6.45) is 4.36. The number of fused-ring (bicyclic) bond motifs is 1. The Labute approximate surface area is 189 Å². The molecule has 0 amide bonds. The summed E-state index contributed by atoms with van der Waals surface area (Å²) in [5.74, 6) is 0.799. The van der Waals surface area contributed by atoms with Gasteiger partial charge in [-0.2, -0.15) is 0 Å². The van der Waals surface area contributed by atoms with Gasteiger partial charge in [0, 0.05) is 35.2 Å². The van der Waals surface area contributed by atoms with Gasteiger partial charge >= 0.3 is 0 Å². The van der Waals surface area contributed by atoms with Gasteiger partial charge in [0.05, 0.1) is 24.6 Å². The Hall–Kier alpha value is -2.87. The summed E-state index contributed by atoms with van der Waals surface area (Å²) in [6.45, 7) is 0. The molecule has 0 radical (unpaired) electrons. The maximum Gasteiger partial charge on any atom is 0.187 e. The summed E-state index contributed by atoms with van der Waals surface area (Å²) in [7, 11) is 1.63. The van der Waals surface area contributed by atoms with Crippen LogP contribution in [0.25, 0.3) is 5.69 Å². The molecule has 1 aliphatic rings. The highest BCUT2D eigenvalue weighted by molar-refractivity contribution is 7.15. The molecule has 158 valence electrons. The minimum atomic E-state index is -0.354. The van der Waals surface area contributed by atoms with Crippen LogP contribution in [-0.2, 0) is 6.42 Å². The fourth-order valence-electron chi connectivity index (χ4n) is 4.02. The second-order valence-electron chi connectivity index (χ2n) is 7.50. The van der Waals surface area contributed by atoms with E-state index in [1.165, 1.54) is 5.56 Å². The second-order valence-corrected chi connectivity index (χ2v) is 8.97. The molecule has 2 atom stereocenters. The lowest BCUT2D eigenvalue weighted by Gasteiger charge is -2.25. The van der Waals surface area contributed by atoms with E-state index in [4.69, 9.17) is 21.3 Å². The van der Waals surface area contributed by atoms with Gasteiger partial charge in [-0.25, -0.2) is 9.97 Å². The van der Waals surface area contributed by atoms with E-state index in [0.717, 1.165) is 27.1 Å². The predicted molar refractivity (Wildman–Crippen MR) is 123 cm³/mol. The van der Waals surface area contributed by atoms with Gasteiger partial charge < -0.3 is 19.7 Å². The van der Waals surface area contributed by atoms with Gasteiger partial charge in [0.2, 0.25) is 0 Å². The van der Waals surface area contributed by atoms with Crippen LogP contribution in [0.5, 0.6) is 5.75 Å². The summed E-state index contributed by atoms with van der Waals surface area (Å²) >= 11 is 7.54. The summed E-state index contributed by atoms with van der Waals surface area (Å²) in [4.78, 5) is 10.1. The molecule has 2 aromatic carbocycles. The molecule has 2 unspecified atom stereocenters. The highest BCUT2D eigenvalue weighted by atomic mass is 35.5. The summed E-state index contributed by atoms with van der Waals surface area (Å²) in [6, 6.07) is 16.1. The molecule has 5 rings (SSSR count). The molecule has 31 heavy (non-hydrogen) atoms. The van der Waals surface area contributed by atoms with Crippen molar-refractivity contribution in [2.75, 3.05) is 12.4 Å². The molecule has 2 N–H and O–H groups in total. The number of methoxy groups -OCH3 is 1. The first-order chi connectivity index (χ1) is 15.1. The fraction of sp³-hybridized carbons (Fsp3) is 0.217. The maximum absolute atomic E-state index is 10.4. The van der Waals surface area contributed by atoms with Crippen molar-refractivity contribution in [3.63, 3.8) is 0 Å². The first-order valence-electron chi connectivity index (χ1n) is 9.98. The Morgan fingerprint density at radius 2 is 2.06 bits per heavy atom. The standard InChI is InChI=1S/C23H21ClN4O2S/c1-30-19-9-15(7-8-18(19)28-12-21(24)25-13-28)26-23-27-22-17(14-5-3-2-4-6-14)10-16(29)11-20(22)31-23/h2-9,12-13,16-17,29H,10-11H2,1H3,(H,26,27). The summed E-state index contributed by atoms with van der Waals surface area (Å²) < 4.78 is 7.39. The zero-order valence-corrected chi connectivity index (χ0v) is 18.4. The number of nitrogens with zero attached hydrogens (tertiary/aromatic N) is 3. The quantitative estimate of drug-likeness (QED) is 0.437. The van der Waals surface area contributed by atoms with Crippen molar-refractivity contribution in [3.8, 4) is 11.4 Å². The Morgan fingerprint density at radius 3 is 2.81 bits per heavy atom. The van der Waals surface area contributed by atoms with Crippen molar-refractivity contribution < 1.29 is 9.84 Å². The molecule has 2 aromatic heterocycles. The first kappa shape index (κ1) is 20.1. The Kier molecular flexibility index (Phi) is 5.40. The number of rotatable bonds is 5. The second kappa shape index (κ2) is 8.34. The van der Waals surface area contributed by atoms with E-state index in [2.05, 4.69) is 22.4 Å². The molecule has 6 nitrogen and oxygen atoms in total.